The van der Waals surface area contributed by atoms with E-state index in [-0.39, 0.29) is 89.5 Å². The van der Waals surface area contributed by atoms with Gasteiger partial charge in [0.05, 0.1) is 74.1 Å². The molecule has 2 aliphatic heterocycles. The predicted octanol–water partition coefficient (Wildman–Crippen LogP) is 15.3. The largest absolute Gasteiger partial charge is 1.00 e. The molecule has 16 aromatic carbocycles. The third kappa shape index (κ3) is 20.0. The molecule has 10 heteroatoms. The first-order valence-corrected chi connectivity index (χ1v) is 49.6. The molecule has 0 aromatic heterocycles. The van der Waals surface area contributed by atoms with Crippen molar-refractivity contribution in [3.63, 3.8) is 0 Å². The number of rotatable bonds is 18. The summed E-state index contributed by atoms with van der Waals surface area (Å²) in [5, 5.41) is 22.8. The number of fused-ring (bicyclic) bond motifs is 6. The van der Waals surface area contributed by atoms with E-state index in [1.165, 1.54) is 109 Å². The zero-order valence-corrected chi connectivity index (χ0v) is 79.3. The fraction of sp³-hybridized carbons (Fsp3) is 0.0370. The van der Waals surface area contributed by atoms with Gasteiger partial charge in [0.25, 0.3) is 0 Å². The Bertz CT molecular complexity index is 5130. The Morgan fingerprint density at radius 1 is 0.178 bits per heavy atom. The Morgan fingerprint density at radius 2 is 0.314 bits per heavy atom. The zero-order chi connectivity index (χ0) is 77.7. The summed E-state index contributed by atoms with van der Waals surface area (Å²) >= 11 is 0. The summed E-state index contributed by atoms with van der Waals surface area (Å²) < 4.78 is 0. The van der Waals surface area contributed by atoms with Crippen LogP contribution in [0.5, 0.6) is 0 Å². The summed E-state index contributed by atoms with van der Waals surface area (Å²) in [6.07, 6.45) is 35.5. The molecule has 2 aliphatic rings. The molecule has 2 heterocycles. The fourth-order valence-electron chi connectivity index (χ4n) is 16.7. The van der Waals surface area contributed by atoms with Crippen LogP contribution in [-0.2, 0) is 89.5 Å². The van der Waals surface area contributed by atoms with Crippen LogP contribution in [0, 0.1) is 49.4 Å². The van der Waals surface area contributed by atoms with E-state index in [1.807, 2.05) is 24.3 Å². The Kier molecular flexibility index (Phi) is 33.6. The van der Waals surface area contributed by atoms with E-state index in [1.54, 1.807) is 0 Å². The van der Waals surface area contributed by atoms with E-state index in [2.05, 4.69) is 436 Å². The standard InChI is InChI=1S/2C28H16Si.2C26H24P2.4Au/c2*1-3-21-15-17-27-25(19-21)26-20-22(4-2)16-18-28(26)29(27,23-11-7-5-8-12-23)24-13-9-6-10-14-24;2*1-5-13-23(14-6-1)27(24-15-7-2-8-16-24)21-22-28(25-17-9-3-10-18-25)26-19-11-4-12-20-26;;;;/h2*5-20H;2*1-20H,21-22H2;;;;/q2*-2;;;4*+1/p+4. The molecule has 0 amide bonds. The third-order valence-electron chi connectivity index (χ3n) is 21.9. The SMILES string of the molecule is [Au+].[Au+].[Au+].[Au+].[C-]#Cc1ccc2c(c1)-c1cc(C#[C-])ccc1[Si]2(c1ccccc1)c1ccccc1.[C-]#Cc1ccc2c(c1)-c1cc(C#[C-])ccc1[Si]2(c1ccccc1)c1ccccc1.c1ccc([PH+](CC[PH+](c2ccccc2)c2ccccc2)c2ccccc2)cc1.c1ccc([PH+](CC[PH+](c2ccccc2)c2ccccc2)c2ccccc2)cc1. The molecule has 0 spiro atoms. The zero-order valence-electron chi connectivity index (χ0n) is 64.6. The molecule has 18 rings (SSSR count). The average molecular weight is 2350 g/mol. The summed E-state index contributed by atoms with van der Waals surface area (Å²) in [7, 11) is -8.08. The molecule has 0 nitrogen and oxygen atoms in total. The minimum Gasteiger partial charge on any atom is -0.366 e. The van der Waals surface area contributed by atoms with E-state index < -0.39 is 47.8 Å². The second-order valence-corrected chi connectivity index (χ2v) is 46.3. The van der Waals surface area contributed by atoms with Crippen molar-refractivity contribution >= 4 is 132 Å². The maximum absolute atomic E-state index is 7.61. The molecule has 0 atom stereocenters. The average Bonchev–Trinajstić information content (AvgIpc) is 1.54. The van der Waals surface area contributed by atoms with Crippen LogP contribution in [0.4, 0.5) is 0 Å². The fourth-order valence-corrected chi connectivity index (χ4v) is 39.4. The molecule has 0 saturated heterocycles. The van der Waals surface area contributed by atoms with Gasteiger partial charge in [0.1, 0.15) is 24.6 Å². The van der Waals surface area contributed by atoms with Gasteiger partial charge in [-0.3, -0.25) is 23.7 Å². The van der Waals surface area contributed by atoms with Crippen LogP contribution in [0.1, 0.15) is 22.3 Å². The van der Waals surface area contributed by atoms with Gasteiger partial charge in [-0.15, -0.1) is 70.8 Å². The summed E-state index contributed by atoms with van der Waals surface area (Å²) in [5.41, 5.74) is 7.66. The minimum absolute atomic E-state index is 0. The monoisotopic (exact) mass is 2350 g/mol. The van der Waals surface area contributed by atoms with Crippen molar-refractivity contribution in [3.05, 3.63) is 485 Å². The number of benzene rings is 16. The molecule has 0 bridgehead atoms. The topological polar surface area (TPSA) is 0 Å². The van der Waals surface area contributed by atoms with Gasteiger partial charge >= 0.3 is 89.5 Å². The van der Waals surface area contributed by atoms with Crippen LogP contribution in [0.3, 0.4) is 0 Å². The molecule has 0 fully saturated rings. The molecular weight excluding hydrogens is 2270 g/mol. The maximum atomic E-state index is 7.61. The summed E-state index contributed by atoms with van der Waals surface area (Å²) in [6, 6.07) is 157. The second-order valence-electron chi connectivity index (χ2n) is 28.3. The van der Waals surface area contributed by atoms with Crippen molar-refractivity contribution in [2.45, 2.75) is 0 Å². The molecule has 0 saturated carbocycles. The Morgan fingerprint density at radius 3 is 0.449 bits per heavy atom. The van der Waals surface area contributed by atoms with Crippen molar-refractivity contribution in [2.75, 3.05) is 24.6 Å². The van der Waals surface area contributed by atoms with Crippen LogP contribution >= 0.6 is 31.7 Å². The van der Waals surface area contributed by atoms with Crippen molar-refractivity contribution < 1.29 is 89.5 Å². The minimum atomic E-state index is -2.48. The Labute approximate surface area is 768 Å². The van der Waals surface area contributed by atoms with E-state index in [9.17, 15) is 0 Å². The van der Waals surface area contributed by atoms with Crippen molar-refractivity contribution in [3.8, 4) is 45.9 Å². The molecule has 0 N–H and O–H groups in total. The Balaban J connectivity index is 0.000000153. The van der Waals surface area contributed by atoms with Gasteiger partial charge in [0.2, 0.25) is 0 Å². The third-order valence-corrected chi connectivity index (χ3v) is 43.9. The van der Waals surface area contributed by atoms with Gasteiger partial charge in [-0.2, -0.15) is 0 Å². The second kappa shape index (κ2) is 44.2. The predicted molar refractivity (Wildman–Crippen MR) is 504 cm³/mol. The summed E-state index contributed by atoms with van der Waals surface area (Å²) in [5.74, 6) is 10.1. The smallest absolute Gasteiger partial charge is 0.366 e. The first-order valence-electron chi connectivity index (χ1n) is 38.8. The van der Waals surface area contributed by atoms with E-state index in [4.69, 9.17) is 25.7 Å². The molecule has 16 aromatic rings. The first-order chi connectivity index (χ1) is 56.4. The van der Waals surface area contributed by atoms with E-state index >= 15 is 0 Å². The first kappa shape index (κ1) is 89.7. The van der Waals surface area contributed by atoms with Gasteiger partial charge in [0, 0.05) is 0 Å². The normalized spacial score (nSPS) is 11.7. The quantitative estimate of drug-likeness (QED) is 0.0348. The van der Waals surface area contributed by atoms with Crippen molar-refractivity contribution in [1.82, 2.24) is 0 Å². The molecule has 584 valence electrons. The van der Waals surface area contributed by atoms with Crippen LogP contribution in [-0.4, -0.2) is 40.8 Å². The molecular formula is C108H84Au4P4Si2+4. The van der Waals surface area contributed by atoms with Gasteiger partial charge in [-0.25, -0.2) is 0 Å². The van der Waals surface area contributed by atoms with Gasteiger partial charge in [-0.1, -0.05) is 291 Å². The maximum Gasteiger partial charge on any atom is 1.00 e. The van der Waals surface area contributed by atoms with Crippen molar-refractivity contribution in [1.29, 1.82) is 0 Å². The van der Waals surface area contributed by atoms with Crippen molar-refractivity contribution in [2.24, 2.45) is 0 Å². The van der Waals surface area contributed by atoms with Crippen LogP contribution < -0.4 is 83.9 Å². The van der Waals surface area contributed by atoms with Gasteiger partial charge < -0.3 is 25.7 Å². The summed E-state index contributed by atoms with van der Waals surface area (Å²) in [6.45, 7) is 0. The number of hydrogen-bond acceptors (Lipinski definition) is 0. The molecule has 118 heavy (non-hydrogen) atoms. The molecule has 0 radical (unpaired) electrons. The van der Waals surface area contributed by atoms with E-state index in [0.29, 0.717) is 0 Å². The van der Waals surface area contributed by atoms with Crippen LogP contribution in [0.2, 0.25) is 0 Å². The Hall–Kier alpha value is -9.13. The molecule has 0 aliphatic carbocycles. The molecule has 0 unspecified atom stereocenters. The van der Waals surface area contributed by atoms with Gasteiger partial charge in [-0.05, 0) is 161 Å². The summed E-state index contributed by atoms with van der Waals surface area (Å²) in [4.78, 5) is 0. The van der Waals surface area contributed by atoms with Crippen LogP contribution in [0.15, 0.2) is 437 Å². The van der Waals surface area contributed by atoms with E-state index in [0.717, 1.165) is 44.5 Å². The number of hydrogen-bond donors (Lipinski definition) is 0. The van der Waals surface area contributed by atoms with Gasteiger partial charge in [0.15, 0.2) is 16.1 Å². The van der Waals surface area contributed by atoms with Crippen LogP contribution in [0.25, 0.3) is 22.3 Å².